The van der Waals surface area contributed by atoms with E-state index in [0.29, 0.717) is 29.5 Å². The molecule has 3 saturated carbocycles. The molecule has 3 fully saturated rings. The Bertz CT molecular complexity index is 1170. The summed E-state index contributed by atoms with van der Waals surface area (Å²) in [6, 6.07) is 5.43. The second kappa shape index (κ2) is 7.36. The topological polar surface area (TPSA) is 44.7 Å². The van der Waals surface area contributed by atoms with Gasteiger partial charge in [0.15, 0.2) is 5.82 Å². The molecule has 4 nitrogen and oxygen atoms in total. The summed E-state index contributed by atoms with van der Waals surface area (Å²) in [5.41, 5.74) is 2.15. The van der Waals surface area contributed by atoms with Crippen molar-refractivity contribution < 1.29 is 13.6 Å². The van der Waals surface area contributed by atoms with Crippen molar-refractivity contribution in [3.63, 3.8) is 0 Å². The summed E-state index contributed by atoms with van der Waals surface area (Å²) in [6.45, 7) is 7.45. The van der Waals surface area contributed by atoms with Crippen LogP contribution in [0.5, 0.6) is 0 Å². The van der Waals surface area contributed by atoms with Gasteiger partial charge in [0.2, 0.25) is 0 Å². The highest BCUT2D eigenvalue weighted by molar-refractivity contribution is 7.12. The Hall–Kier alpha value is -2.28. The number of nitrogens with zero attached hydrogens (tertiary/aromatic N) is 2. The predicted molar refractivity (Wildman–Crippen MR) is 126 cm³/mol. The third-order valence-corrected chi connectivity index (χ3v) is 9.90. The van der Waals surface area contributed by atoms with E-state index in [1.54, 1.807) is 16.3 Å². The lowest BCUT2D eigenvalue weighted by Gasteiger charge is -2.60. The minimum absolute atomic E-state index is 0.118. The van der Waals surface area contributed by atoms with Crippen LogP contribution in [0.2, 0.25) is 0 Å². The van der Waals surface area contributed by atoms with E-state index >= 15 is 0 Å². The zero-order chi connectivity index (χ0) is 23.1. The Balaban J connectivity index is 1.26. The molecule has 4 aliphatic carbocycles. The van der Waals surface area contributed by atoms with Gasteiger partial charge in [-0.25, -0.2) is 8.78 Å². The van der Waals surface area contributed by atoms with Crippen LogP contribution in [-0.4, -0.2) is 18.2 Å². The highest BCUT2D eigenvalue weighted by Gasteiger charge is 2.54. The first-order valence-corrected chi connectivity index (χ1v) is 12.8. The number of carbonyl (C=O) groups excluding carboxylic acids is 1. The van der Waals surface area contributed by atoms with Gasteiger partial charge < -0.3 is 5.32 Å². The van der Waals surface area contributed by atoms with Crippen LogP contribution in [0.15, 0.2) is 29.4 Å². The molecule has 0 spiro atoms. The molecule has 0 radical (unpaired) electrons. The lowest BCUT2D eigenvalue weighted by atomic mass is 9.45. The fourth-order valence-corrected chi connectivity index (χ4v) is 8.06. The molecule has 5 aliphatic rings. The smallest absolute Gasteiger partial charge is 0.267 e. The minimum atomic E-state index is -0.663. The lowest BCUT2D eigenvalue weighted by molar-refractivity contribution is -0.119. The van der Waals surface area contributed by atoms with Gasteiger partial charge in [-0.15, -0.1) is 11.3 Å². The molecule has 5 atom stereocenters. The van der Waals surface area contributed by atoms with E-state index in [4.69, 9.17) is 0 Å². The molecular formula is C26H29F2N3OS. The number of amides is 1. The number of halogens is 2. The van der Waals surface area contributed by atoms with Gasteiger partial charge in [-0.1, -0.05) is 13.8 Å². The molecule has 0 saturated heterocycles. The maximum atomic E-state index is 14.7. The average molecular weight is 470 g/mol. The molecule has 1 aromatic carbocycles. The number of rotatable bonds is 4. The summed E-state index contributed by atoms with van der Waals surface area (Å²) >= 11 is 1.73. The average Bonchev–Trinajstić information content (AvgIpc) is 3.41. The number of hydrogen-bond acceptors (Lipinski definition) is 4. The van der Waals surface area contributed by atoms with Gasteiger partial charge in [0.1, 0.15) is 11.5 Å². The number of hydrazone groups is 1. The maximum Gasteiger partial charge on any atom is 0.267 e. The van der Waals surface area contributed by atoms with Gasteiger partial charge in [-0.05, 0) is 79.5 Å². The molecule has 33 heavy (non-hydrogen) atoms. The number of nitrogens with one attached hydrogen (secondary N) is 1. The summed E-state index contributed by atoms with van der Waals surface area (Å²) in [5, 5.41) is 9.43. The van der Waals surface area contributed by atoms with Gasteiger partial charge in [-0.2, -0.15) is 5.10 Å². The zero-order valence-corrected chi connectivity index (χ0v) is 20.0. The van der Waals surface area contributed by atoms with Crippen molar-refractivity contribution in [3.8, 4) is 0 Å². The van der Waals surface area contributed by atoms with Crippen LogP contribution in [0, 0.1) is 47.6 Å². The Morgan fingerprint density at radius 3 is 2.82 bits per heavy atom. The first-order valence-electron chi connectivity index (χ1n) is 11.9. The molecule has 1 amide bonds. The highest BCUT2D eigenvalue weighted by Crippen LogP contribution is 2.61. The second-order valence-corrected chi connectivity index (χ2v) is 12.2. The maximum absolute atomic E-state index is 14.7. The van der Waals surface area contributed by atoms with Crippen LogP contribution < -0.4 is 10.3 Å². The van der Waals surface area contributed by atoms with Gasteiger partial charge in [-0.3, -0.25) is 9.80 Å². The standard InChI is InChI=1S/C26H29F2N3OS/c1-13-8-17-22(33-13)11-18-23(30-31(24(17)18)21-7-6-16(27)10-20(21)28)25(32)29-12-14-4-5-15-9-19(14)26(15,2)3/h6-8,10,14-15,18-19,24H,4-5,9,11-12H2,1-3H3,(H,29,32). The van der Waals surface area contributed by atoms with Gasteiger partial charge in [0.25, 0.3) is 5.91 Å². The minimum Gasteiger partial charge on any atom is -0.351 e. The molecule has 2 bridgehead atoms. The molecule has 1 aromatic heterocycles. The van der Waals surface area contributed by atoms with Crippen molar-refractivity contribution in [2.45, 2.75) is 52.5 Å². The van der Waals surface area contributed by atoms with Gasteiger partial charge in [0, 0.05) is 28.3 Å². The number of aryl methyl sites for hydroxylation is 1. The summed E-state index contributed by atoms with van der Waals surface area (Å²) in [6.07, 6.45) is 4.41. The van der Waals surface area contributed by atoms with E-state index in [9.17, 15) is 13.6 Å². The largest absolute Gasteiger partial charge is 0.351 e. The number of thiophene rings is 1. The van der Waals surface area contributed by atoms with Gasteiger partial charge in [0.05, 0.1) is 11.7 Å². The Kier molecular flexibility index (Phi) is 4.74. The summed E-state index contributed by atoms with van der Waals surface area (Å²) in [4.78, 5) is 15.8. The highest BCUT2D eigenvalue weighted by atomic mass is 32.1. The van der Waals surface area contributed by atoms with E-state index in [2.05, 4.69) is 37.3 Å². The number of hydrogen-bond donors (Lipinski definition) is 1. The fraction of sp³-hybridized carbons (Fsp3) is 0.538. The third-order valence-electron chi connectivity index (χ3n) is 8.82. The monoisotopic (exact) mass is 469 g/mol. The second-order valence-electron chi connectivity index (χ2n) is 10.8. The van der Waals surface area contributed by atoms with Crippen molar-refractivity contribution in [3.05, 3.63) is 51.2 Å². The molecule has 2 aromatic rings. The number of carbonyl (C=O) groups is 1. The predicted octanol–water partition coefficient (Wildman–Crippen LogP) is 5.61. The lowest BCUT2D eigenvalue weighted by Crippen LogP contribution is -2.55. The first-order chi connectivity index (χ1) is 15.7. The van der Waals surface area contributed by atoms with E-state index in [1.165, 1.54) is 41.1 Å². The fourth-order valence-electron chi connectivity index (χ4n) is 6.93. The molecular weight excluding hydrogens is 440 g/mol. The molecule has 5 unspecified atom stereocenters. The van der Waals surface area contributed by atoms with Crippen molar-refractivity contribution in [2.75, 3.05) is 11.6 Å². The molecule has 7 rings (SSSR count). The number of anilines is 1. The normalized spacial score (nSPS) is 31.0. The summed E-state index contributed by atoms with van der Waals surface area (Å²) in [7, 11) is 0. The Labute approximate surface area is 197 Å². The molecule has 174 valence electrons. The van der Waals surface area contributed by atoms with Crippen molar-refractivity contribution in [2.24, 2.45) is 34.2 Å². The van der Waals surface area contributed by atoms with E-state index in [0.717, 1.165) is 24.0 Å². The van der Waals surface area contributed by atoms with Gasteiger partial charge >= 0.3 is 0 Å². The first kappa shape index (κ1) is 21.3. The van der Waals surface area contributed by atoms with Crippen LogP contribution in [0.25, 0.3) is 0 Å². The molecule has 1 N–H and O–H groups in total. The molecule has 7 heteroatoms. The van der Waals surface area contributed by atoms with Crippen LogP contribution in [0.3, 0.4) is 0 Å². The molecule has 1 aliphatic heterocycles. The van der Waals surface area contributed by atoms with E-state index < -0.39 is 11.6 Å². The summed E-state index contributed by atoms with van der Waals surface area (Å²) in [5.74, 6) is 0.443. The van der Waals surface area contributed by atoms with E-state index in [-0.39, 0.29) is 23.6 Å². The van der Waals surface area contributed by atoms with Crippen molar-refractivity contribution >= 4 is 28.6 Å². The van der Waals surface area contributed by atoms with Crippen LogP contribution in [0.1, 0.15) is 54.5 Å². The van der Waals surface area contributed by atoms with Crippen LogP contribution in [0.4, 0.5) is 14.5 Å². The SMILES string of the molecule is Cc1cc2c(s1)CC1C(C(=O)NCC3CCC4CC3C4(C)C)=NN(c3ccc(F)cc3F)C21. The quantitative estimate of drug-likeness (QED) is 0.632. The zero-order valence-electron chi connectivity index (χ0n) is 19.2. The summed E-state index contributed by atoms with van der Waals surface area (Å²) < 4.78 is 28.3. The van der Waals surface area contributed by atoms with E-state index in [1.807, 2.05) is 0 Å². The number of benzene rings is 1. The Morgan fingerprint density at radius 2 is 2.09 bits per heavy atom. The van der Waals surface area contributed by atoms with Crippen molar-refractivity contribution in [1.82, 2.24) is 5.32 Å². The van der Waals surface area contributed by atoms with Crippen LogP contribution in [-0.2, 0) is 11.2 Å². The van der Waals surface area contributed by atoms with Crippen molar-refractivity contribution in [1.29, 1.82) is 0 Å². The molecule has 2 heterocycles. The third kappa shape index (κ3) is 3.18. The number of fused-ring (bicyclic) bond motifs is 5. The Morgan fingerprint density at radius 1 is 1.27 bits per heavy atom. The van der Waals surface area contributed by atoms with Crippen LogP contribution >= 0.6 is 11.3 Å².